The number of hydrogen-bond acceptors (Lipinski definition) is 6. The average Bonchev–Trinajstić information content (AvgIpc) is 2.95. The van der Waals surface area contributed by atoms with E-state index in [1.165, 1.54) is 28.6 Å². The van der Waals surface area contributed by atoms with E-state index in [9.17, 15) is 22.0 Å². The van der Waals surface area contributed by atoms with Crippen LogP contribution in [0.2, 0.25) is 5.02 Å². The number of carbonyl (C=O) groups is 1. The largest absolute Gasteiger partial charge is 0.451 e. The third-order valence-corrected chi connectivity index (χ3v) is 9.60. The van der Waals surface area contributed by atoms with E-state index in [4.69, 9.17) is 16.3 Å². The Bertz CT molecular complexity index is 1180. The van der Waals surface area contributed by atoms with Gasteiger partial charge in [0.1, 0.15) is 16.7 Å². The van der Waals surface area contributed by atoms with Gasteiger partial charge in [0.05, 0.1) is 28.2 Å². The van der Waals surface area contributed by atoms with Crippen LogP contribution >= 0.6 is 11.6 Å². The minimum absolute atomic E-state index is 0.0785. The smallest absolute Gasteiger partial charge is 0.235 e. The molecule has 9 nitrogen and oxygen atoms in total. The molecule has 2 aromatic carbocycles. The zero-order valence-electron chi connectivity index (χ0n) is 23.6. The first-order chi connectivity index (χ1) is 19.6. The first-order valence-corrected chi connectivity index (χ1v) is 16.2. The number of piperazine rings is 1. The lowest BCUT2D eigenvalue weighted by Gasteiger charge is -2.32. The van der Waals surface area contributed by atoms with E-state index in [0.29, 0.717) is 23.9 Å². The molecule has 0 aromatic heterocycles. The standard InChI is InChI=1S/C27H38ClF2N5O4S2/c1-4-9-31-26(36)20-35(15-12-33(3)40(37)17-16-34-13-10-32(2)11-14-34)41(38)23-18-24(29)27(25(30)19-23)39-22-7-5-21(28)6-8-22/h5-8,18-19H,4,9-17,20H2,1-3H3,(H,31,36). The van der Waals surface area contributed by atoms with Gasteiger partial charge < -0.3 is 15.0 Å². The van der Waals surface area contributed by atoms with Gasteiger partial charge in [-0.3, -0.25) is 9.69 Å². The second-order valence-electron chi connectivity index (χ2n) is 9.76. The van der Waals surface area contributed by atoms with E-state index in [2.05, 4.69) is 22.2 Å². The number of nitrogens with zero attached hydrogens (tertiary/aromatic N) is 4. The molecule has 1 heterocycles. The van der Waals surface area contributed by atoms with Crippen LogP contribution in [0.3, 0.4) is 0 Å². The molecule has 1 aliphatic heterocycles. The summed E-state index contributed by atoms with van der Waals surface area (Å²) in [7, 11) is 0.396. The molecule has 0 bridgehead atoms. The van der Waals surface area contributed by atoms with Gasteiger partial charge in [0.25, 0.3) is 0 Å². The summed E-state index contributed by atoms with van der Waals surface area (Å²) in [6, 6.07) is 7.84. The zero-order valence-corrected chi connectivity index (χ0v) is 26.0. The van der Waals surface area contributed by atoms with Crippen LogP contribution in [0, 0.1) is 11.6 Å². The molecule has 2 atom stereocenters. The van der Waals surface area contributed by atoms with Crippen molar-refractivity contribution >= 4 is 39.5 Å². The molecule has 0 aliphatic carbocycles. The van der Waals surface area contributed by atoms with Crippen LogP contribution in [0.15, 0.2) is 41.3 Å². The molecular formula is C27H38ClF2N5O4S2. The fourth-order valence-electron chi connectivity index (χ4n) is 3.99. The summed E-state index contributed by atoms with van der Waals surface area (Å²) in [6.07, 6.45) is 0.718. The fourth-order valence-corrected chi connectivity index (χ4v) is 6.32. The van der Waals surface area contributed by atoms with Crippen LogP contribution < -0.4 is 10.1 Å². The number of carbonyl (C=O) groups excluding carboxylic acids is 1. The second kappa shape index (κ2) is 16.6. The van der Waals surface area contributed by atoms with Gasteiger partial charge in [-0.2, -0.15) is 0 Å². The molecule has 1 N–H and O–H groups in total. The first kappa shape index (κ1) is 33.5. The third-order valence-electron chi connectivity index (χ3n) is 6.52. The van der Waals surface area contributed by atoms with E-state index in [0.717, 1.165) is 44.7 Å². The molecule has 0 radical (unpaired) electrons. The van der Waals surface area contributed by atoms with Crippen LogP contribution in [-0.2, 0) is 26.8 Å². The second-order valence-corrected chi connectivity index (χ2v) is 13.4. The van der Waals surface area contributed by atoms with Crippen molar-refractivity contribution in [3.05, 3.63) is 53.1 Å². The molecule has 0 spiro atoms. The van der Waals surface area contributed by atoms with E-state index in [-0.39, 0.29) is 36.2 Å². The Morgan fingerprint density at radius 1 is 1.07 bits per heavy atom. The SMILES string of the molecule is CCCNC(=O)CN(CCN(C)S(=O)CCN1CCN(C)CC1)S(=O)c1cc(F)c(Oc2ccc(Cl)cc2)c(F)c1. The van der Waals surface area contributed by atoms with E-state index in [1.807, 2.05) is 6.92 Å². The lowest BCUT2D eigenvalue weighted by molar-refractivity contribution is -0.121. The van der Waals surface area contributed by atoms with Crippen LogP contribution in [0.25, 0.3) is 0 Å². The number of halogens is 3. The molecule has 14 heteroatoms. The highest BCUT2D eigenvalue weighted by molar-refractivity contribution is 7.83. The Hall–Kier alpha value is -2.00. The van der Waals surface area contributed by atoms with E-state index < -0.39 is 39.4 Å². The summed E-state index contributed by atoms with van der Waals surface area (Å²) < 4.78 is 64.5. The monoisotopic (exact) mass is 633 g/mol. The summed E-state index contributed by atoms with van der Waals surface area (Å²) in [6.45, 7) is 6.87. The van der Waals surface area contributed by atoms with E-state index >= 15 is 0 Å². The van der Waals surface area contributed by atoms with Crippen LogP contribution in [0.5, 0.6) is 11.5 Å². The Kier molecular flexibility index (Phi) is 13.6. The topological polar surface area (TPSA) is 85.4 Å². The predicted octanol–water partition coefficient (Wildman–Crippen LogP) is 3.10. The average molecular weight is 634 g/mol. The predicted molar refractivity (Wildman–Crippen MR) is 159 cm³/mol. The lowest BCUT2D eigenvalue weighted by Crippen LogP contribution is -2.46. The molecule has 1 fully saturated rings. The molecule has 2 aromatic rings. The van der Waals surface area contributed by atoms with Crippen molar-refractivity contribution in [3.8, 4) is 11.5 Å². The van der Waals surface area contributed by atoms with Crippen LogP contribution in [0.4, 0.5) is 8.78 Å². The molecule has 3 rings (SSSR count). The van der Waals surface area contributed by atoms with E-state index in [1.54, 1.807) is 11.4 Å². The summed E-state index contributed by atoms with van der Waals surface area (Å²) >= 11 is 5.85. The van der Waals surface area contributed by atoms with Gasteiger partial charge in [-0.25, -0.2) is 25.8 Å². The van der Waals surface area contributed by atoms with Crippen molar-refractivity contribution in [2.45, 2.75) is 18.2 Å². The van der Waals surface area contributed by atoms with Crippen molar-refractivity contribution in [2.24, 2.45) is 0 Å². The number of likely N-dealkylation sites (N-methyl/N-ethyl adjacent to an activating group) is 2. The summed E-state index contributed by atoms with van der Waals surface area (Å²) in [5.74, 6) is -2.47. The summed E-state index contributed by atoms with van der Waals surface area (Å²) in [5.41, 5.74) is 0. The maximum Gasteiger partial charge on any atom is 0.235 e. The molecule has 1 amide bonds. The molecule has 0 saturated carbocycles. The Morgan fingerprint density at radius 2 is 1.71 bits per heavy atom. The number of hydrogen-bond donors (Lipinski definition) is 1. The zero-order chi connectivity index (χ0) is 29.9. The van der Waals surface area contributed by atoms with Gasteiger partial charge in [0, 0.05) is 57.4 Å². The van der Waals surface area contributed by atoms with Gasteiger partial charge >= 0.3 is 0 Å². The van der Waals surface area contributed by atoms with Crippen molar-refractivity contribution in [3.63, 3.8) is 0 Å². The van der Waals surface area contributed by atoms with Crippen molar-refractivity contribution < 1.29 is 26.7 Å². The van der Waals surface area contributed by atoms with Crippen molar-refractivity contribution in [2.75, 3.05) is 78.8 Å². The van der Waals surface area contributed by atoms with Gasteiger partial charge in [-0.05, 0) is 56.9 Å². The highest BCUT2D eigenvalue weighted by Gasteiger charge is 2.24. The summed E-state index contributed by atoms with van der Waals surface area (Å²) in [5, 5.41) is 3.17. The van der Waals surface area contributed by atoms with Crippen LogP contribution in [-0.4, -0.2) is 111 Å². The number of amides is 1. The molecular weight excluding hydrogens is 596 g/mol. The first-order valence-electron chi connectivity index (χ1n) is 13.4. The molecule has 2 unspecified atom stereocenters. The lowest BCUT2D eigenvalue weighted by atomic mass is 10.3. The van der Waals surface area contributed by atoms with Gasteiger partial charge in [0.15, 0.2) is 17.4 Å². The quantitative estimate of drug-likeness (QED) is 0.325. The summed E-state index contributed by atoms with van der Waals surface area (Å²) in [4.78, 5) is 16.9. The Labute approximate surface area is 250 Å². The third kappa shape index (κ3) is 10.7. The highest BCUT2D eigenvalue weighted by atomic mass is 35.5. The maximum absolute atomic E-state index is 14.9. The number of rotatable bonds is 15. The molecule has 1 aliphatic rings. The van der Waals surface area contributed by atoms with Gasteiger partial charge in [-0.15, -0.1) is 0 Å². The minimum atomic E-state index is -2.09. The van der Waals surface area contributed by atoms with Crippen molar-refractivity contribution in [1.29, 1.82) is 0 Å². The number of benzene rings is 2. The molecule has 228 valence electrons. The number of nitrogens with one attached hydrogen (secondary N) is 1. The maximum atomic E-state index is 14.9. The highest BCUT2D eigenvalue weighted by Crippen LogP contribution is 2.30. The fraction of sp³-hybridized carbons (Fsp3) is 0.519. The Balaban J connectivity index is 1.67. The normalized spacial score (nSPS) is 16.2. The Morgan fingerprint density at radius 3 is 2.32 bits per heavy atom. The molecule has 41 heavy (non-hydrogen) atoms. The van der Waals surface area contributed by atoms with Crippen molar-refractivity contribution in [1.82, 2.24) is 23.7 Å². The van der Waals surface area contributed by atoms with Gasteiger partial charge in [0.2, 0.25) is 5.91 Å². The molecule has 1 saturated heterocycles. The number of ether oxygens (including phenoxy) is 1. The van der Waals surface area contributed by atoms with Crippen LogP contribution in [0.1, 0.15) is 13.3 Å². The van der Waals surface area contributed by atoms with Gasteiger partial charge in [-0.1, -0.05) is 18.5 Å². The minimum Gasteiger partial charge on any atom is -0.451 e.